The predicted octanol–water partition coefficient (Wildman–Crippen LogP) is 7.22. The van der Waals surface area contributed by atoms with Crippen LogP contribution in [0.25, 0.3) is 22.0 Å². The Balaban J connectivity index is 1.30. The van der Waals surface area contributed by atoms with Crippen molar-refractivity contribution in [2.75, 3.05) is 13.7 Å². The summed E-state index contributed by atoms with van der Waals surface area (Å²) in [5, 5.41) is 14.8. The van der Waals surface area contributed by atoms with Gasteiger partial charge in [-0.05, 0) is 140 Å². The van der Waals surface area contributed by atoms with Crippen molar-refractivity contribution in [3.8, 4) is 28.6 Å². The third-order valence-electron chi connectivity index (χ3n) is 13.3. The molecule has 4 aliphatic rings. The van der Waals surface area contributed by atoms with Gasteiger partial charge in [-0.1, -0.05) is 26.0 Å². The summed E-state index contributed by atoms with van der Waals surface area (Å²) in [5.74, 6) is -2.94. The van der Waals surface area contributed by atoms with Gasteiger partial charge in [-0.3, -0.25) is 24.0 Å². The van der Waals surface area contributed by atoms with Crippen molar-refractivity contribution >= 4 is 44.6 Å². The van der Waals surface area contributed by atoms with E-state index in [-0.39, 0.29) is 43.0 Å². The summed E-state index contributed by atoms with van der Waals surface area (Å²) in [4.78, 5) is 64.8. The zero-order valence-electron chi connectivity index (χ0n) is 38.6. The van der Waals surface area contributed by atoms with E-state index in [1.54, 1.807) is 71.9 Å². The van der Waals surface area contributed by atoms with Gasteiger partial charge in [0.05, 0.1) is 30.2 Å². The fourth-order valence-electron chi connectivity index (χ4n) is 9.30. The number of carbonyl (C=O) groups excluding carboxylic acids is 3. The maximum Gasteiger partial charge on any atom is 0.408 e. The SMILES string of the molecule is COc1ccc2c(O[C@@H]3C[C@H]4C(=O)N[C@]5(C(=O)NS(=O)(=O)C6(C)CC6)C[C@H]5/C=C\CC[C@H](C)C[C@@H](C)[C@H](N(C(=O)O)C(C)(C)C)C(=O)N4C3)nc(-c3ccc(OC(C)C)c(F)c3)cc2c1. The molecule has 1 aromatic heterocycles. The summed E-state index contributed by atoms with van der Waals surface area (Å²) in [7, 11) is -2.54. The molecule has 352 valence electrons. The van der Waals surface area contributed by atoms with Crippen LogP contribution in [0.1, 0.15) is 100 Å². The minimum absolute atomic E-state index is 0.0604. The molecular formula is C48H62FN5O10S. The van der Waals surface area contributed by atoms with Gasteiger partial charge < -0.3 is 29.5 Å². The molecule has 0 spiro atoms. The third-order valence-corrected chi connectivity index (χ3v) is 15.4. The monoisotopic (exact) mass is 919 g/mol. The molecule has 7 rings (SSSR count). The number of methoxy groups -OCH3 is 1. The number of rotatable bonds is 10. The Hall–Kier alpha value is -5.45. The minimum atomic E-state index is -4.07. The van der Waals surface area contributed by atoms with Crippen LogP contribution in [0.2, 0.25) is 0 Å². The fraction of sp³-hybridized carbons (Fsp3) is 0.562. The van der Waals surface area contributed by atoms with E-state index in [0.29, 0.717) is 59.9 Å². The van der Waals surface area contributed by atoms with Crippen molar-refractivity contribution in [1.29, 1.82) is 0 Å². The molecule has 2 saturated carbocycles. The fourth-order valence-corrected chi connectivity index (χ4v) is 10.6. The average Bonchev–Trinajstić information content (AvgIpc) is 4.10. The van der Waals surface area contributed by atoms with E-state index in [4.69, 9.17) is 19.2 Å². The Labute approximate surface area is 380 Å². The average molecular weight is 920 g/mol. The van der Waals surface area contributed by atoms with Crippen LogP contribution >= 0.6 is 0 Å². The van der Waals surface area contributed by atoms with E-state index in [9.17, 15) is 27.9 Å². The summed E-state index contributed by atoms with van der Waals surface area (Å²) in [5.41, 5.74) is -1.86. The number of benzene rings is 2. The second-order valence-electron chi connectivity index (χ2n) is 19.9. The number of halogens is 1. The molecule has 15 nitrogen and oxygen atoms in total. The molecule has 2 aliphatic heterocycles. The normalized spacial score (nSPS) is 27.3. The van der Waals surface area contributed by atoms with Crippen LogP contribution in [0.15, 0.2) is 54.6 Å². The summed E-state index contributed by atoms with van der Waals surface area (Å²) in [6.45, 7) is 14.0. The molecule has 7 atom stereocenters. The van der Waals surface area contributed by atoms with Crippen LogP contribution in [-0.2, 0) is 24.4 Å². The van der Waals surface area contributed by atoms with Crippen LogP contribution in [0.5, 0.6) is 17.4 Å². The van der Waals surface area contributed by atoms with Crippen LogP contribution in [0, 0.1) is 23.6 Å². The van der Waals surface area contributed by atoms with Gasteiger partial charge in [-0.25, -0.2) is 22.6 Å². The molecule has 0 radical (unpaired) electrons. The topological polar surface area (TPSA) is 194 Å². The largest absolute Gasteiger partial charge is 0.497 e. The zero-order chi connectivity index (χ0) is 47.4. The molecule has 2 aromatic carbocycles. The number of amides is 4. The maximum atomic E-state index is 15.4. The van der Waals surface area contributed by atoms with Gasteiger partial charge in [-0.2, -0.15) is 0 Å². The van der Waals surface area contributed by atoms with E-state index >= 15 is 9.18 Å². The van der Waals surface area contributed by atoms with Gasteiger partial charge in [0.2, 0.25) is 27.7 Å². The molecule has 3 N–H and O–H groups in total. The number of pyridine rings is 1. The first-order valence-corrected chi connectivity index (χ1v) is 24.0. The van der Waals surface area contributed by atoms with Crippen molar-refractivity contribution in [1.82, 2.24) is 24.8 Å². The number of ether oxygens (including phenoxy) is 3. The summed E-state index contributed by atoms with van der Waals surface area (Å²) in [6.07, 6.45) is 3.99. The number of allylic oxidation sites excluding steroid dienone is 1. The Morgan fingerprint density at radius 3 is 2.43 bits per heavy atom. The molecule has 3 heterocycles. The Morgan fingerprint density at radius 1 is 1.08 bits per heavy atom. The maximum absolute atomic E-state index is 15.4. The number of aromatic nitrogens is 1. The zero-order valence-corrected chi connectivity index (χ0v) is 39.5. The van der Waals surface area contributed by atoms with Crippen LogP contribution < -0.4 is 24.2 Å². The molecule has 17 heteroatoms. The summed E-state index contributed by atoms with van der Waals surface area (Å²) < 4.78 is 61.1. The lowest BCUT2D eigenvalue weighted by molar-refractivity contribution is -0.146. The lowest BCUT2D eigenvalue weighted by Crippen LogP contribution is -2.62. The van der Waals surface area contributed by atoms with E-state index in [0.717, 1.165) is 4.90 Å². The van der Waals surface area contributed by atoms with Gasteiger partial charge >= 0.3 is 6.09 Å². The van der Waals surface area contributed by atoms with Gasteiger partial charge in [0.1, 0.15) is 29.5 Å². The number of hydrogen-bond acceptors (Lipinski definition) is 10. The predicted molar refractivity (Wildman–Crippen MR) is 242 cm³/mol. The lowest BCUT2D eigenvalue weighted by atomic mass is 9.85. The van der Waals surface area contributed by atoms with Crippen LogP contribution in [0.3, 0.4) is 0 Å². The standard InChI is InChI=1S/C48H62FN5O10S/c1-27(2)63-39-17-14-30(22-36(39)49)37-23-31-21-33(62-9)15-16-35(31)42(50-37)64-34-24-38-41(55)51-48(44(57)52-65(60,61)47(8)18-19-47)25-32(48)13-11-10-12-28(3)20-29(4)40(43(56)53(38)26-34)54(45(58)59)46(5,6)7/h11,13-17,21-23,27-29,32,34,38,40H,10,12,18-20,24-26H2,1-9H3,(H,51,55)(H,52,57)(H,58,59)/b13-11-/t28-,29+,32+,34+,38-,40-,48+/m0/s1. The minimum Gasteiger partial charge on any atom is -0.497 e. The molecule has 3 fully saturated rings. The lowest BCUT2D eigenvalue weighted by Gasteiger charge is -2.43. The highest BCUT2D eigenvalue weighted by Gasteiger charge is 2.63. The van der Waals surface area contributed by atoms with Crippen molar-refractivity contribution in [3.63, 3.8) is 0 Å². The highest BCUT2D eigenvalue weighted by atomic mass is 32.2. The van der Waals surface area contributed by atoms with Gasteiger partial charge in [0.25, 0.3) is 5.91 Å². The van der Waals surface area contributed by atoms with Gasteiger partial charge in [0.15, 0.2) is 11.6 Å². The van der Waals surface area contributed by atoms with Crippen molar-refractivity contribution in [2.45, 2.75) is 140 Å². The van der Waals surface area contributed by atoms with E-state index in [1.807, 2.05) is 26.0 Å². The Morgan fingerprint density at radius 2 is 1.80 bits per heavy atom. The van der Waals surface area contributed by atoms with Crippen molar-refractivity contribution in [3.05, 3.63) is 60.4 Å². The molecule has 4 amide bonds. The van der Waals surface area contributed by atoms with E-state index < -0.39 is 85.5 Å². The molecule has 65 heavy (non-hydrogen) atoms. The molecule has 0 bridgehead atoms. The van der Waals surface area contributed by atoms with Crippen LogP contribution in [0.4, 0.5) is 9.18 Å². The molecular weight excluding hydrogens is 858 g/mol. The number of carbonyl (C=O) groups is 4. The first-order valence-electron chi connectivity index (χ1n) is 22.5. The highest BCUT2D eigenvalue weighted by Crippen LogP contribution is 2.48. The number of nitrogens with one attached hydrogen (secondary N) is 2. The number of nitrogens with zero attached hydrogens (tertiary/aromatic N) is 3. The number of sulfonamides is 1. The van der Waals surface area contributed by atoms with Gasteiger partial charge in [-0.15, -0.1) is 0 Å². The van der Waals surface area contributed by atoms with Crippen molar-refractivity contribution < 1.29 is 51.3 Å². The number of carboxylic acid groups (broad SMARTS) is 1. The third kappa shape index (κ3) is 9.75. The summed E-state index contributed by atoms with van der Waals surface area (Å²) >= 11 is 0. The van der Waals surface area contributed by atoms with Gasteiger partial charge in [0, 0.05) is 28.8 Å². The Kier molecular flexibility index (Phi) is 13.0. The van der Waals surface area contributed by atoms with Crippen LogP contribution in [-0.4, -0.2) is 106 Å². The first kappa shape index (κ1) is 47.5. The molecule has 0 unspecified atom stereocenters. The Bertz CT molecular complexity index is 2500. The second-order valence-corrected chi connectivity index (χ2v) is 22.1. The smallest absolute Gasteiger partial charge is 0.408 e. The highest BCUT2D eigenvalue weighted by molar-refractivity contribution is 7.91. The first-order chi connectivity index (χ1) is 30.5. The van der Waals surface area contributed by atoms with Crippen molar-refractivity contribution in [2.24, 2.45) is 17.8 Å². The van der Waals surface area contributed by atoms with E-state index in [2.05, 4.69) is 10.0 Å². The molecule has 1 saturated heterocycles. The summed E-state index contributed by atoms with van der Waals surface area (Å²) in [6, 6.07) is 9.09. The molecule has 2 aliphatic carbocycles. The van der Waals surface area contributed by atoms with E-state index in [1.165, 1.54) is 24.1 Å². The molecule has 3 aromatic rings. The second kappa shape index (κ2) is 17.7. The quantitative estimate of drug-likeness (QED) is 0.174. The number of hydrogen-bond donors (Lipinski definition) is 3. The number of fused-ring (bicyclic) bond motifs is 3.